The number of hydrogen-bond acceptors (Lipinski definition) is 6. The highest BCUT2D eigenvalue weighted by Crippen LogP contribution is 2.45. The molecule has 1 amide bonds. The Morgan fingerprint density at radius 1 is 1.09 bits per heavy atom. The fraction of sp³-hybridized carbons (Fsp3) is 0.545. The quantitative estimate of drug-likeness (QED) is 0.344. The maximum absolute atomic E-state index is 14.5. The Morgan fingerprint density at radius 3 is 2.52 bits per heavy atom. The van der Waals surface area contributed by atoms with Crippen LogP contribution in [0.25, 0.3) is 0 Å². The van der Waals surface area contributed by atoms with Crippen molar-refractivity contribution in [2.24, 2.45) is 18.9 Å². The number of aryl methyl sites for hydroxylation is 1. The van der Waals surface area contributed by atoms with Crippen LogP contribution in [0, 0.1) is 11.8 Å². The van der Waals surface area contributed by atoms with Crippen LogP contribution >= 0.6 is 0 Å². The Labute approximate surface area is 256 Å². The van der Waals surface area contributed by atoms with Gasteiger partial charge >= 0.3 is 6.18 Å². The predicted octanol–water partition coefficient (Wildman–Crippen LogP) is 5.32. The molecule has 11 heteroatoms. The minimum absolute atomic E-state index is 0.0437. The monoisotopic (exact) mass is 610 g/mol. The fourth-order valence-electron chi connectivity index (χ4n) is 7.24. The molecular weight excluding hydrogens is 569 g/mol. The summed E-state index contributed by atoms with van der Waals surface area (Å²) in [5.41, 5.74) is 1.52. The molecule has 1 aromatic heterocycles. The van der Waals surface area contributed by atoms with Gasteiger partial charge in [-0.3, -0.25) is 9.69 Å². The van der Waals surface area contributed by atoms with Crippen LogP contribution in [0.3, 0.4) is 0 Å². The molecule has 1 saturated carbocycles. The second-order valence-corrected chi connectivity index (χ2v) is 13.1. The first-order valence-corrected chi connectivity index (χ1v) is 15.4. The molecule has 236 valence electrons. The van der Waals surface area contributed by atoms with E-state index in [2.05, 4.69) is 40.9 Å². The van der Waals surface area contributed by atoms with E-state index in [0.717, 1.165) is 43.9 Å². The van der Waals surface area contributed by atoms with Crippen molar-refractivity contribution >= 4 is 11.6 Å². The number of benzene rings is 2. The summed E-state index contributed by atoms with van der Waals surface area (Å²) in [6.07, 6.45) is -0.980. The summed E-state index contributed by atoms with van der Waals surface area (Å²) < 4.78 is 50.9. The van der Waals surface area contributed by atoms with E-state index in [4.69, 9.17) is 4.74 Å². The predicted molar refractivity (Wildman–Crippen MR) is 161 cm³/mol. The Balaban J connectivity index is 1.32. The summed E-state index contributed by atoms with van der Waals surface area (Å²) in [5.74, 6) is 0.952. The van der Waals surface area contributed by atoms with E-state index in [-0.39, 0.29) is 41.7 Å². The number of likely N-dealkylation sites (N-methyl/N-ethyl adjacent to an activating group) is 1. The lowest BCUT2D eigenvalue weighted by Crippen LogP contribution is -2.53. The molecule has 44 heavy (non-hydrogen) atoms. The van der Waals surface area contributed by atoms with Gasteiger partial charge in [0.05, 0.1) is 18.2 Å². The molecule has 6 rings (SSSR count). The lowest BCUT2D eigenvalue weighted by molar-refractivity contribution is -0.138. The highest BCUT2D eigenvalue weighted by molar-refractivity contribution is 6.10. The van der Waals surface area contributed by atoms with Crippen molar-refractivity contribution in [3.63, 3.8) is 0 Å². The van der Waals surface area contributed by atoms with Crippen LogP contribution in [0.4, 0.5) is 18.9 Å². The van der Waals surface area contributed by atoms with Crippen molar-refractivity contribution in [1.29, 1.82) is 0 Å². The Hall–Kier alpha value is -3.28. The number of fused-ring (bicyclic) bond motifs is 1. The number of ether oxygens (including phenoxy) is 1. The van der Waals surface area contributed by atoms with Gasteiger partial charge in [0.15, 0.2) is 0 Å². The first-order valence-electron chi connectivity index (χ1n) is 15.4. The van der Waals surface area contributed by atoms with Gasteiger partial charge in [0, 0.05) is 63.5 Å². The fourth-order valence-corrected chi connectivity index (χ4v) is 7.24. The number of halogens is 3. The largest absolute Gasteiger partial charge is 0.416 e. The molecule has 0 radical (unpaired) electrons. The average molecular weight is 611 g/mol. The van der Waals surface area contributed by atoms with Gasteiger partial charge in [0.2, 0.25) is 0 Å². The summed E-state index contributed by atoms with van der Waals surface area (Å²) in [6.45, 7) is 7.02. The molecule has 0 unspecified atom stereocenters. The van der Waals surface area contributed by atoms with Crippen LogP contribution in [0.5, 0.6) is 0 Å². The number of alkyl halides is 3. The van der Waals surface area contributed by atoms with E-state index < -0.39 is 17.6 Å². The summed E-state index contributed by atoms with van der Waals surface area (Å²) in [7, 11) is 5.69. The summed E-state index contributed by atoms with van der Waals surface area (Å²) in [6, 6.07) is 10.8. The van der Waals surface area contributed by atoms with Crippen molar-refractivity contribution in [2.45, 2.75) is 64.0 Å². The Morgan fingerprint density at radius 2 is 1.86 bits per heavy atom. The summed E-state index contributed by atoms with van der Waals surface area (Å²) >= 11 is 0. The molecule has 2 atom stereocenters. The number of methoxy groups -OCH3 is 1. The smallest absolute Gasteiger partial charge is 0.381 e. The third-order valence-corrected chi connectivity index (χ3v) is 9.80. The van der Waals surface area contributed by atoms with Gasteiger partial charge in [-0.05, 0) is 72.7 Å². The number of rotatable bonds is 8. The maximum Gasteiger partial charge on any atom is 0.416 e. The first kappa shape index (κ1) is 30.7. The van der Waals surface area contributed by atoms with E-state index in [1.807, 2.05) is 29.8 Å². The Bertz CT molecular complexity index is 1520. The number of carbonyl (C=O) groups excluding carboxylic acids is 1. The topological polar surface area (TPSA) is 66.7 Å². The summed E-state index contributed by atoms with van der Waals surface area (Å²) in [5, 5.41) is 8.49. The van der Waals surface area contributed by atoms with Crippen molar-refractivity contribution < 1.29 is 22.7 Å². The molecule has 2 aliphatic heterocycles. The number of nitrogens with zero attached hydrogens (tertiary/aromatic N) is 6. The minimum Gasteiger partial charge on any atom is -0.381 e. The number of carbonyl (C=O) groups is 1. The number of aromatic nitrogens is 3. The van der Waals surface area contributed by atoms with Crippen molar-refractivity contribution in [3.05, 3.63) is 76.4 Å². The van der Waals surface area contributed by atoms with E-state index in [1.54, 1.807) is 25.6 Å². The van der Waals surface area contributed by atoms with Gasteiger partial charge < -0.3 is 19.1 Å². The zero-order chi connectivity index (χ0) is 31.3. The van der Waals surface area contributed by atoms with Crippen LogP contribution in [-0.2, 0) is 31.1 Å². The molecule has 3 heterocycles. The second kappa shape index (κ2) is 11.9. The van der Waals surface area contributed by atoms with Crippen molar-refractivity contribution in [2.75, 3.05) is 38.7 Å². The van der Waals surface area contributed by atoms with Crippen molar-refractivity contribution in [3.8, 4) is 0 Å². The molecule has 0 N–H and O–H groups in total. The van der Waals surface area contributed by atoms with Gasteiger partial charge in [0.1, 0.15) is 12.2 Å². The zero-order valence-corrected chi connectivity index (χ0v) is 26.0. The number of hydrogen-bond donors (Lipinski definition) is 0. The summed E-state index contributed by atoms with van der Waals surface area (Å²) in [4.78, 5) is 19.9. The molecule has 3 aromatic rings. The highest BCUT2D eigenvalue weighted by Gasteiger charge is 2.42. The van der Waals surface area contributed by atoms with Crippen molar-refractivity contribution in [1.82, 2.24) is 24.6 Å². The molecule has 1 aliphatic carbocycles. The molecular formula is C33H41F3N6O2. The molecule has 8 nitrogen and oxygen atoms in total. The SMILES string of the molecule is COC1CC([C@@H](c2cccc(N3Cc4c(cc(CN5CCN(C)C[C@@H]5C(C)C)cc4C(F)(F)F)C3=O)c2)c2nncn2C)C1. The maximum atomic E-state index is 14.5. The third-order valence-electron chi connectivity index (χ3n) is 9.80. The standard InChI is InChI=1S/C33H41F3N6O2/c1-20(2)29-18-39(3)9-10-41(29)16-21-11-26-27(28(12-21)33(34,35)36)17-42(32(26)43)24-8-6-7-22(13-24)30(23-14-25(15-23)44-5)31-38-37-19-40(31)4/h6-8,11-13,19-20,23,25,29-30H,9-10,14-18H2,1-5H3/t23?,25?,29-,30-/m1/s1. The minimum atomic E-state index is -4.57. The van der Waals surface area contributed by atoms with Gasteiger partial charge in [-0.1, -0.05) is 26.0 Å². The molecule has 1 saturated heterocycles. The lowest BCUT2D eigenvalue weighted by Gasteiger charge is -2.42. The first-order chi connectivity index (χ1) is 20.9. The van der Waals surface area contributed by atoms with Crippen LogP contribution in [0.1, 0.15) is 71.0 Å². The molecule has 0 bridgehead atoms. The molecule has 2 aromatic carbocycles. The van der Waals surface area contributed by atoms with Crippen LogP contribution in [-0.4, -0.2) is 76.4 Å². The van der Waals surface area contributed by atoms with Gasteiger partial charge in [-0.15, -0.1) is 10.2 Å². The van der Waals surface area contributed by atoms with Gasteiger partial charge in [-0.25, -0.2) is 0 Å². The van der Waals surface area contributed by atoms with E-state index in [1.165, 1.54) is 11.0 Å². The van der Waals surface area contributed by atoms with E-state index >= 15 is 0 Å². The zero-order valence-electron chi connectivity index (χ0n) is 26.0. The number of anilines is 1. The molecule has 2 fully saturated rings. The second-order valence-electron chi connectivity index (χ2n) is 13.1. The number of amides is 1. The van der Waals surface area contributed by atoms with Gasteiger partial charge in [-0.2, -0.15) is 13.2 Å². The van der Waals surface area contributed by atoms with Crippen LogP contribution in [0.2, 0.25) is 0 Å². The number of piperazine rings is 1. The van der Waals surface area contributed by atoms with Crippen LogP contribution < -0.4 is 4.90 Å². The lowest BCUT2D eigenvalue weighted by atomic mass is 9.70. The van der Waals surface area contributed by atoms with E-state index in [0.29, 0.717) is 23.7 Å². The third kappa shape index (κ3) is 5.77. The van der Waals surface area contributed by atoms with E-state index in [9.17, 15) is 18.0 Å². The van der Waals surface area contributed by atoms with Crippen LogP contribution in [0.15, 0.2) is 42.7 Å². The Kier molecular flexibility index (Phi) is 8.32. The molecule has 0 spiro atoms. The average Bonchev–Trinajstić information content (AvgIpc) is 3.53. The van der Waals surface area contributed by atoms with Gasteiger partial charge in [0.25, 0.3) is 5.91 Å². The molecule has 3 aliphatic rings. The highest BCUT2D eigenvalue weighted by atomic mass is 19.4. The normalized spacial score (nSPS) is 23.7.